The monoisotopic (exact) mass is 708 g/mol. The number of halogens is 12. The molecule has 0 rings (SSSR count). The van der Waals surface area contributed by atoms with E-state index >= 15 is 17.6 Å². The number of hydrogen-bond donors (Lipinski definition) is 0. The Balaban J connectivity index is 6.26. The Bertz CT molecular complexity index is 590. The van der Waals surface area contributed by atoms with Crippen LogP contribution < -0.4 is 0 Å². The minimum absolute atomic E-state index is 0.179. The van der Waals surface area contributed by atoms with Crippen molar-refractivity contribution in [1.29, 1.82) is 0 Å². The van der Waals surface area contributed by atoms with Crippen LogP contribution in [0.3, 0.4) is 0 Å². The Labute approximate surface area is 227 Å². The average Bonchev–Trinajstić information content (AvgIpc) is 2.79. The average molecular weight is 707 g/mol. The Hall–Kier alpha value is -0.121. The van der Waals surface area contributed by atoms with Gasteiger partial charge in [0.05, 0.1) is 0 Å². The van der Waals surface area contributed by atoms with Crippen LogP contribution in [-0.2, 0) is 6.15 Å². The predicted octanol–water partition coefficient (Wildman–Crippen LogP) is 10.1. The summed E-state index contributed by atoms with van der Waals surface area (Å²) in [5, 5.41) is 0. The van der Waals surface area contributed by atoms with Crippen molar-refractivity contribution in [1.82, 2.24) is 0 Å². The van der Waals surface area contributed by atoms with Crippen molar-refractivity contribution in [2.75, 3.05) is 13.2 Å². The van der Waals surface area contributed by atoms with Crippen molar-refractivity contribution in [3.8, 4) is 0 Å². The molecule has 0 aliphatic rings. The predicted molar refractivity (Wildman–Crippen MR) is 125 cm³/mol. The molecule has 0 aromatic rings. The van der Waals surface area contributed by atoms with Crippen LogP contribution in [0, 0.1) is 0 Å². The molecule has 39 heavy (non-hydrogen) atoms. The first kappa shape index (κ1) is 38.9. The van der Waals surface area contributed by atoms with Crippen molar-refractivity contribution in [3.05, 3.63) is 0 Å². The van der Waals surface area contributed by atoms with Crippen LogP contribution in [0.1, 0.15) is 104 Å². The zero-order chi connectivity index (χ0) is 30.4. The quantitative estimate of drug-likeness (QED) is 0.0634. The molecule has 15 heteroatoms. The van der Waals surface area contributed by atoms with Crippen molar-refractivity contribution < 1.29 is 58.8 Å². The van der Waals surface area contributed by atoms with Gasteiger partial charge in [-0.2, -0.15) is 0 Å². The van der Waals surface area contributed by atoms with E-state index in [0.29, 0.717) is 25.7 Å². The van der Waals surface area contributed by atoms with Gasteiger partial charge in [-0.25, -0.2) is 0 Å². The van der Waals surface area contributed by atoms with Gasteiger partial charge < -0.3 is 0 Å². The summed E-state index contributed by atoms with van der Waals surface area (Å²) in [5.74, 6) is 0. The van der Waals surface area contributed by atoms with Gasteiger partial charge in [0.1, 0.15) is 0 Å². The molecule has 0 aliphatic carbocycles. The molecule has 0 aromatic carbocycles. The van der Waals surface area contributed by atoms with Gasteiger partial charge in [0.25, 0.3) is 0 Å². The Morgan fingerprint density at radius 1 is 0.487 bits per heavy atom. The molecule has 0 saturated heterocycles. The molecule has 0 amide bonds. The van der Waals surface area contributed by atoms with Crippen molar-refractivity contribution in [2.24, 2.45) is 0 Å². The topological polar surface area (TPSA) is 18.5 Å². The summed E-state index contributed by atoms with van der Waals surface area (Å²) in [7, 11) is 0. The first-order valence-corrected chi connectivity index (χ1v) is 18.5. The fourth-order valence-corrected chi connectivity index (χ4v) is 13.0. The molecule has 2 unspecified atom stereocenters. The molecule has 2 atom stereocenters. The van der Waals surface area contributed by atoms with Gasteiger partial charge in [0.15, 0.2) is 0 Å². The first-order valence-electron chi connectivity index (χ1n) is 13.3. The third kappa shape index (κ3) is 13.6. The second-order valence-electron chi connectivity index (χ2n) is 9.67. The molecule has 236 valence electrons. The minimum atomic E-state index is -8.21. The third-order valence-corrected chi connectivity index (χ3v) is 16.4. The SMILES string of the molecule is CCCCCCCC[O][Sn]([O]CCCCCCCC)([C](F)(F)C(F)CC(F)(F)F)[C](F)(F)C(F)CC(F)(F)F. The van der Waals surface area contributed by atoms with Gasteiger partial charge in [-0.3, -0.25) is 0 Å². The van der Waals surface area contributed by atoms with Gasteiger partial charge in [-0.1, -0.05) is 0 Å². The number of alkyl halides is 12. The van der Waals surface area contributed by atoms with Crippen LogP contribution in [0.4, 0.5) is 52.7 Å². The second kappa shape index (κ2) is 17.7. The maximum atomic E-state index is 15.3. The first-order chi connectivity index (χ1) is 17.9. The molecule has 0 N–H and O–H groups in total. The Kier molecular flexibility index (Phi) is 17.7. The summed E-state index contributed by atoms with van der Waals surface area (Å²) in [6.07, 6.45) is -19.7. The molecular weight excluding hydrogens is 667 g/mol. The van der Waals surface area contributed by atoms with Gasteiger partial charge in [-0.15, -0.1) is 0 Å². The number of unbranched alkanes of at least 4 members (excludes halogenated alkanes) is 10. The Morgan fingerprint density at radius 2 is 0.769 bits per heavy atom. The van der Waals surface area contributed by atoms with E-state index < -0.39 is 77.8 Å². The van der Waals surface area contributed by atoms with Crippen LogP contribution >= 0.6 is 0 Å². The molecule has 0 heterocycles. The molecule has 0 bridgehead atoms. The number of rotatable bonds is 22. The van der Waals surface area contributed by atoms with E-state index in [4.69, 9.17) is 6.15 Å². The van der Waals surface area contributed by atoms with Crippen LogP contribution in [0.25, 0.3) is 0 Å². The van der Waals surface area contributed by atoms with Crippen molar-refractivity contribution >= 4 is 19.2 Å². The van der Waals surface area contributed by atoms with Crippen LogP contribution in [0.2, 0.25) is 0 Å². The van der Waals surface area contributed by atoms with E-state index in [1.807, 2.05) is 13.8 Å². The molecular formula is C24H40F12O2Sn. The van der Waals surface area contributed by atoms with Crippen molar-refractivity contribution in [2.45, 2.75) is 136 Å². The summed E-state index contributed by atoms with van der Waals surface area (Å²) in [4.78, 5) is 0. The number of hydrogen-bond acceptors (Lipinski definition) is 2. The summed E-state index contributed by atoms with van der Waals surface area (Å²) in [6, 6.07) is 0. The van der Waals surface area contributed by atoms with E-state index in [1.165, 1.54) is 0 Å². The van der Waals surface area contributed by atoms with Gasteiger partial charge in [0, 0.05) is 0 Å². The molecule has 0 fully saturated rings. The molecule has 0 spiro atoms. The normalized spacial score (nSPS) is 15.5. The Morgan fingerprint density at radius 3 is 1.05 bits per heavy atom. The summed E-state index contributed by atoms with van der Waals surface area (Å²) in [6.45, 7) is 1.86. The summed E-state index contributed by atoms with van der Waals surface area (Å²) in [5.41, 5.74) is 0. The molecule has 0 saturated carbocycles. The molecule has 0 aliphatic heterocycles. The summed E-state index contributed by atoms with van der Waals surface area (Å²) >= 11 is -8.21. The van der Waals surface area contributed by atoms with Gasteiger partial charge in [-0.05, 0) is 0 Å². The summed E-state index contributed by atoms with van der Waals surface area (Å²) < 4.78 is 165. The third-order valence-electron chi connectivity index (χ3n) is 6.09. The van der Waals surface area contributed by atoms with Crippen molar-refractivity contribution in [3.63, 3.8) is 0 Å². The fourth-order valence-electron chi connectivity index (χ4n) is 3.92. The molecule has 2 nitrogen and oxygen atoms in total. The van der Waals surface area contributed by atoms with Gasteiger partial charge >= 0.3 is 228 Å². The molecule has 0 radical (unpaired) electrons. The molecule has 0 aromatic heterocycles. The fraction of sp³-hybridized carbons (Fsp3) is 1.00. The van der Waals surface area contributed by atoms with E-state index in [-0.39, 0.29) is 25.7 Å². The zero-order valence-corrected chi connectivity index (χ0v) is 25.2. The van der Waals surface area contributed by atoms with Crippen LogP contribution in [-0.4, -0.2) is 65.0 Å². The van der Waals surface area contributed by atoms with E-state index in [2.05, 4.69) is 0 Å². The van der Waals surface area contributed by atoms with E-state index in [0.717, 1.165) is 25.7 Å². The maximum absolute atomic E-state index is 15.3. The van der Waals surface area contributed by atoms with Crippen LogP contribution in [0.5, 0.6) is 0 Å². The van der Waals surface area contributed by atoms with E-state index in [9.17, 15) is 35.1 Å². The second-order valence-corrected chi connectivity index (χ2v) is 18.6. The van der Waals surface area contributed by atoms with Gasteiger partial charge in [0.2, 0.25) is 0 Å². The van der Waals surface area contributed by atoms with E-state index in [1.54, 1.807) is 0 Å². The standard InChI is InChI=1S/2C8H17O.2C4H3F6.Sn/c2*1-2-3-4-5-6-7-8-9;2*5-2(3(6)7)1-4(8,9)10;/h2*2-8H2,1H3;2*2H,1H2;/q2*-1;;;+2. The van der Waals surface area contributed by atoms with Crippen LogP contribution in [0.15, 0.2) is 0 Å². The zero-order valence-electron chi connectivity index (χ0n) is 22.3.